The Morgan fingerprint density at radius 3 is 2.29 bits per heavy atom. The molecule has 0 unspecified atom stereocenters. The first-order valence-corrected chi connectivity index (χ1v) is 8.53. The highest BCUT2D eigenvalue weighted by Crippen LogP contribution is 2.26. The van der Waals surface area contributed by atoms with Crippen LogP contribution < -0.4 is 9.64 Å². The number of halogens is 1. The van der Waals surface area contributed by atoms with Gasteiger partial charge in [-0.1, -0.05) is 41.9 Å². The summed E-state index contributed by atoms with van der Waals surface area (Å²) in [4.78, 5) is 16.6. The summed E-state index contributed by atoms with van der Waals surface area (Å²) in [5, 5.41) is 0.748. The van der Waals surface area contributed by atoms with E-state index in [0.717, 1.165) is 23.8 Å². The van der Waals surface area contributed by atoms with Crippen LogP contribution in [0.15, 0.2) is 54.6 Å². The van der Waals surface area contributed by atoms with Crippen LogP contribution in [0.2, 0.25) is 5.02 Å². The standard InChI is InChI=1S/C19H21ClN2O2/c1-15(24-16-7-3-2-4-8-16)19(23)22-13-11-21(12-14-22)18-10-6-5-9-17(18)20/h2-10,15H,11-14H2,1H3/t15-/m0/s1. The van der Waals surface area contributed by atoms with Crippen molar-refractivity contribution in [2.75, 3.05) is 31.1 Å². The van der Waals surface area contributed by atoms with Gasteiger partial charge in [-0.15, -0.1) is 0 Å². The lowest BCUT2D eigenvalue weighted by Gasteiger charge is -2.37. The van der Waals surface area contributed by atoms with E-state index < -0.39 is 6.10 Å². The Hall–Kier alpha value is -2.20. The van der Waals surface area contributed by atoms with Crippen LogP contribution in [0.5, 0.6) is 5.75 Å². The summed E-state index contributed by atoms with van der Waals surface area (Å²) in [5.74, 6) is 0.741. The topological polar surface area (TPSA) is 32.8 Å². The summed E-state index contributed by atoms with van der Waals surface area (Å²) < 4.78 is 5.73. The van der Waals surface area contributed by atoms with Crippen molar-refractivity contribution < 1.29 is 9.53 Å². The molecule has 126 valence electrons. The molecule has 1 heterocycles. The lowest BCUT2D eigenvalue weighted by atomic mass is 10.2. The molecule has 4 nitrogen and oxygen atoms in total. The molecule has 24 heavy (non-hydrogen) atoms. The maximum Gasteiger partial charge on any atom is 0.263 e. The van der Waals surface area contributed by atoms with Gasteiger partial charge >= 0.3 is 0 Å². The Morgan fingerprint density at radius 2 is 1.62 bits per heavy atom. The van der Waals surface area contributed by atoms with Gasteiger partial charge in [0.25, 0.3) is 5.91 Å². The third-order valence-corrected chi connectivity index (χ3v) is 4.51. The fraction of sp³-hybridized carbons (Fsp3) is 0.316. The lowest BCUT2D eigenvalue weighted by Crippen LogP contribution is -2.52. The van der Waals surface area contributed by atoms with E-state index in [4.69, 9.17) is 16.3 Å². The molecule has 2 aromatic rings. The molecule has 0 radical (unpaired) electrons. The number of para-hydroxylation sites is 2. The summed E-state index contributed by atoms with van der Waals surface area (Å²) in [6.45, 7) is 4.69. The molecule has 1 aliphatic rings. The molecule has 3 rings (SSSR count). The molecule has 1 saturated heterocycles. The smallest absolute Gasteiger partial charge is 0.263 e. The number of amides is 1. The van der Waals surface area contributed by atoms with Crippen LogP contribution in [0.4, 0.5) is 5.69 Å². The van der Waals surface area contributed by atoms with E-state index in [1.807, 2.05) is 59.5 Å². The van der Waals surface area contributed by atoms with Crippen molar-refractivity contribution in [3.63, 3.8) is 0 Å². The third-order valence-electron chi connectivity index (χ3n) is 4.19. The van der Waals surface area contributed by atoms with Gasteiger partial charge in [0.1, 0.15) is 5.75 Å². The molecule has 0 bridgehead atoms. The molecular weight excluding hydrogens is 324 g/mol. The van der Waals surface area contributed by atoms with E-state index in [-0.39, 0.29) is 5.91 Å². The Morgan fingerprint density at radius 1 is 1.00 bits per heavy atom. The molecule has 1 aliphatic heterocycles. The minimum absolute atomic E-state index is 0.0256. The van der Waals surface area contributed by atoms with E-state index in [0.29, 0.717) is 18.8 Å². The van der Waals surface area contributed by atoms with Gasteiger partial charge in [0.2, 0.25) is 0 Å². The fourth-order valence-corrected chi connectivity index (χ4v) is 3.14. The number of hydrogen-bond donors (Lipinski definition) is 0. The van der Waals surface area contributed by atoms with Gasteiger partial charge in [-0.3, -0.25) is 4.79 Å². The molecule has 1 fully saturated rings. The Balaban J connectivity index is 1.56. The number of carbonyl (C=O) groups is 1. The zero-order valence-corrected chi connectivity index (χ0v) is 14.4. The van der Waals surface area contributed by atoms with Crippen LogP contribution in [0.25, 0.3) is 0 Å². The molecule has 2 aromatic carbocycles. The summed E-state index contributed by atoms with van der Waals surface area (Å²) in [6.07, 6.45) is -0.487. The van der Waals surface area contributed by atoms with Gasteiger partial charge < -0.3 is 14.5 Å². The quantitative estimate of drug-likeness (QED) is 0.851. The number of carbonyl (C=O) groups excluding carboxylic acids is 1. The second-order valence-electron chi connectivity index (χ2n) is 5.84. The van der Waals surface area contributed by atoms with E-state index in [1.54, 1.807) is 6.92 Å². The molecule has 0 aliphatic carbocycles. The van der Waals surface area contributed by atoms with Gasteiger partial charge in [-0.05, 0) is 31.2 Å². The number of nitrogens with zero attached hydrogens (tertiary/aromatic N) is 2. The Bertz CT molecular complexity index is 685. The minimum atomic E-state index is -0.487. The van der Waals surface area contributed by atoms with Gasteiger partial charge in [0, 0.05) is 26.2 Å². The van der Waals surface area contributed by atoms with Crippen molar-refractivity contribution in [1.82, 2.24) is 4.90 Å². The second kappa shape index (κ2) is 7.58. The maximum atomic E-state index is 12.6. The molecule has 0 spiro atoms. The average molecular weight is 345 g/mol. The van der Waals surface area contributed by atoms with Crippen molar-refractivity contribution in [3.05, 3.63) is 59.6 Å². The zero-order valence-electron chi connectivity index (χ0n) is 13.7. The number of hydrogen-bond acceptors (Lipinski definition) is 3. The van der Waals surface area contributed by atoms with Crippen molar-refractivity contribution >= 4 is 23.2 Å². The maximum absolute atomic E-state index is 12.6. The lowest BCUT2D eigenvalue weighted by molar-refractivity contribution is -0.138. The number of anilines is 1. The molecule has 0 saturated carbocycles. The zero-order chi connectivity index (χ0) is 16.9. The van der Waals surface area contributed by atoms with Crippen LogP contribution >= 0.6 is 11.6 Å². The summed E-state index contributed by atoms with van der Waals surface area (Å²) >= 11 is 6.26. The van der Waals surface area contributed by atoms with E-state index in [2.05, 4.69) is 4.90 Å². The SMILES string of the molecule is C[C@H](Oc1ccccc1)C(=O)N1CCN(c2ccccc2Cl)CC1. The largest absolute Gasteiger partial charge is 0.481 e. The van der Waals surface area contributed by atoms with Crippen LogP contribution in [-0.2, 0) is 4.79 Å². The van der Waals surface area contributed by atoms with Crippen LogP contribution in [0.3, 0.4) is 0 Å². The predicted molar refractivity (Wildman–Crippen MR) is 96.8 cm³/mol. The van der Waals surface area contributed by atoms with E-state index >= 15 is 0 Å². The van der Waals surface area contributed by atoms with Gasteiger partial charge in [-0.2, -0.15) is 0 Å². The van der Waals surface area contributed by atoms with Gasteiger partial charge in [0.05, 0.1) is 10.7 Å². The number of rotatable bonds is 4. The predicted octanol–water partition coefficient (Wildman–Crippen LogP) is 3.46. The Labute approximate surface area is 147 Å². The summed E-state index contributed by atoms with van der Waals surface area (Å²) in [6, 6.07) is 17.3. The summed E-state index contributed by atoms with van der Waals surface area (Å²) in [7, 11) is 0. The monoisotopic (exact) mass is 344 g/mol. The van der Waals surface area contributed by atoms with E-state index in [9.17, 15) is 4.79 Å². The molecular formula is C19H21ClN2O2. The van der Waals surface area contributed by atoms with Gasteiger partial charge in [-0.25, -0.2) is 0 Å². The minimum Gasteiger partial charge on any atom is -0.481 e. The van der Waals surface area contributed by atoms with Crippen LogP contribution in [0, 0.1) is 0 Å². The number of ether oxygens (including phenoxy) is 1. The Kier molecular flexibility index (Phi) is 5.26. The first kappa shape index (κ1) is 16.7. The molecule has 1 atom stereocenters. The van der Waals surface area contributed by atoms with Crippen molar-refractivity contribution in [2.24, 2.45) is 0 Å². The number of benzene rings is 2. The van der Waals surface area contributed by atoms with Crippen molar-refractivity contribution in [1.29, 1.82) is 0 Å². The second-order valence-corrected chi connectivity index (χ2v) is 6.24. The van der Waals surface area contributed by atoms with Crippen molar-refractivity contribution in [3.8, 4) is 5.75 Å². The normalized spacial score (nSPS) is 15.9. The molecule has 1 amide bonds. The van der Waals surface area contributed by atoms with Gasteiger partial charge in [0.15, 0.2) is 6.10 Å². The van der Waals surface area contributed by atoms with Crippen LogP contribution in [0.1, 0.15) is 6.92 Å². The third kappa shape index (κ3) is 3.82. The highest BCUT2D eigenvalue weighted by Gasteiger charge is 2.26. The molecule has 5 heteroatoms. The first-order chi connectivity index (χ1) is 11.6. The average Bonchev–Trinajstić information content (AvgIpc) is 2.62. The fourth-order valence-electron chi connectivity index (χ4n) is 2.89. The highest BCUT2D eigenvalue weighted by atomic mass is 35.5. The highest BCUT2D eigenvalue weighted by molar-refractivity contribution is 6.33. The number of piperazine rings is 1. The van der Waals surface area contributed by atoms with Crippen molar-refractivity contribution in [2.45, 2.75) is 13.0 Å². The van der Waals surface area contributed by atoms with E-state index in [1.165, 1.54) is 0 Å². The molecule has 0 aromatic heterocycles. The summed E-state index contributed by atoms with van der Waals surface area (Å²) in [5.41, 5.74) is 1.03. The molecule has 0 N–H and O–H groups in total. The first-order valence-electron chi connectivity index (χ1n) is 8.15. The van der Waals surface area contributed by atoms with Crippen LogP contribution in [-0.4, -0.2) is 43.1 Å².